The molecule has 2 N–H and O–H groups in total. The van der Waals surface area contributed by atoms with Gasteiger partial charge in [-0.25, -0.2) is 9.18 Å². The number of carboxylic acid groups (broad SMARTS) is 1. The van der Waals surface area contributed by atoms with E-state index in [-0.39, 0.29) is 21.6 Å². The third-order valence-electron chi connectivity index (χ3n) is 6.90. The highest BCUT2D eigenvalue weighted by atomic mass is 35.5. The monoisotopic (exact) mass is 567 g/mol. The maximum Gasteiger partial charge on any atom is 0.335 e. The fraction of sp³-hybridized carbons (Fsp3) is 0.300. The van der Waals surface area contributed by atoms with Gasteiger partial charge in [0, 0.05) is 28.4 Å². The number of halogens is 3. The fourth-order valence-electron chi connectivity index (χ4n) is 5.32. The van der Waals surface area contributed by atoms with Gasteiger partial charge in [0.05, 0.1) is 22.6 Å². The van der Waals surface area contributed by atoms with Crippen molar-refractivity contribution in [3.63, 3.8) is 0 Å². The molecule has 6 nitrogen and oxygen atoms in total. The summed E-state index contributed by atoms with van der Waals surface area (Å²) in [5, 5.41) is 23.0. The molecule has 1 aliphatic heterocycles. The number of rotatable bonds is 6. The first kappa shape index (κ1) is 28.4. The number of carboxylic acids is 1. The SMILES string of the molecule is CC(C)(C)C[C@H]1[C@H](C#N)[C@@H](c2cccc(Cl)c2F)[C@H](C(=O)Nc2ccc(C(=O)O)cc2)N1c1ccc(Cl)cc1. The Labute approximate surface area is 237 Å². The summed E-state index contributed by atoms with van der Waals surface area (Å²) in [6.07, 6.45) is 0.545. The first-order valence-electron chi connectivity index (χ1n) is 12.4. The fourth-order valence-corrected chi connectivity index (χ4v) is 5.62. The van der Waals surface area contributed by atoms with Crippen molar-refractivity contribution < 1.29 is 19.1 Å². The van der Waals surface area contributed by atoms with Gasteiger partial charge in [0.15, 0.2) is 0 Å². The number of hydrogen-bond donors (Lipinski definition) is 2. The van der Waals surface area contributed by atoms with Crippen molar-refractivity contribution in [1.29, 1.82) is 5.26 Å². The molecule has 4 rings (SSSR count). The number of nitriles is 1. The van der Waals surface area contributed by atoms with Crippen LogP contribution in [0.25, 0.3) is 0 Å². The van der Waals surface area contributed by atoms with E-state index in [4.69, 9.17) is 23.2 Å². The second-order valence-electron chi connectivity index (χ2n) is 10.9. The Morgan fingerprint density at radius 3 is 2.26 bits per heavy atom. The quantitative estimate of drug-likeness (QED) is 0.324. The standard InChI is InChI=1S/C30H28Cl2FN3O3/c1-30(2,3)15-24-22(16-34)25(21-5-4-6-23(32)26(21)33)27(36(24)20-13-9-18(31)10-14-20)28(37)35-19-11-7-17(8-12-19)29(38)39/h4-14,22,24-25,27H,15H2,1-3H3,(H,35,37)(H,38,39)/t22-,24-,25+,27+/m0/s1. The van der Waals surface area contributed by atoms with Crippen LogP contribution in [0.1, 0.15) is 49.0 Å². The highest BCUT2D eigenvalue weighted by Crippen LogP contribution is 2.49. The van der Waals surface area contributed by atoms with E-state index < -0.39 is 41.6 Å². The number of amides is 1. The van der Waals surface area contributed by atoms with Crippen molar-refractivity contribution in [1.82, 2.24) is 0 Å². The Kier molecular flexibility index (Phi) is 8.20. The lowest BCUT2D eigenvalue weighted by atomic mass is 9.77. The molecule has 0 aliphatic carbocycles. The van der Waals surface area contributed by atoms with Crippen molar-refractivity contribution in [2.75, 3.05) is 10.2 Å². The maximum atomic E-state index is 15.5. The van der Waals surface area contributed by atoms with Gasteiger partial charge in [0.1, 0.15) is 11.9 Å². The zero-order valence-corrected chi connectivity index (χ0v) is 23.2. The Hall–Kier alpha value is -3.60. The third kappa shape index (κ3) is 6.03. The summed E-state index contributed by atoms with van der Waals surface area (Å²) >= 11 is 12.3. The molecular formula is C30H28Cl2FN3O3. The summed E-state index contributed by atoms with van der Waals surface area (Å²) in [5.41, 5.74) is 1.08. The minimum atomic E-state index is -1.09. The number of nitrogens with zero attached hydrogens (tertiary/aromatic N) is 2. The van der Waals surface area contributed by atoms with Gasteiger partial charge in [0.2, 0.25) is 5.91 Å². The van der Waals surface area contributed by atoms with Crippen LogP contribution in [0, 0.1) is 28.5 Å². The van der Waals surface area contributed by atoms with Crippen LogP contribution in [0.5, 0.6) is 0 Å². The van der Waals surface area contributed by atoms with Crippen LogP contribution >= 0.6 is 23.2 Å². The summed E-state index contributed by atoms with van der Waals surface area (Å²) in [4.78, 5) is 27.2. The van der Waals surface area contributed by atoms with Crippen LogP contribution in [0.2, 0.25) is 10.0 Å². The lowest BCUT2D eigenvalue weighted by Crippen LogP contribution is -2.46. The van der Waals surface area contributed by atoms with Gasteiger partial charge in [-0.05, 0) is 72.0 Å². The van der Waals surface area contributed by atoms with Crippen LogP contribution < -0.4 is 10.2 Å². The largest absolute Gasteiger partial charge is 0.478 e. The van der Waals surface area contributed by atoms with E-state index in [9.17, 15) is 20.0 Å². The van der Waals surface area contributed by atoms with E-state index in [1.165, 1.54) is 30.3 Å². The molecule has 1 heterocycles. The van der Waals surface area contributed by atoms with Crippen LogP contribution in [0.4, 0.5) is 15.8 Å². The predicted octanol–water partition coefficient (Wildman–Crippen LogP) is 7.39. The molecular weight excluding hydrogens is 540 g/mol. The van der Waals surface area contributed by atoms with Gasteiger partial charge < -0.3 is 15.3 Å². The Balaban J connectivity index is 1.88. The van der Waals surface area contributed by atoms with Crippen LogP contribution in [-0.4, -0.2) is 29.1 Å². The second kappa shape index (κ2) is 11.3. The van der Waals surface area contributed by atoms with E-state index in [1.54, 1.807) is 36.4 Å². The number of benzene rings is 3. The highest BCUT2D eigenvalue weighted by molar-refractivity contribution is 6.31. The van der Waals surface area contributed by atoms with Crippen LogP contribution in [0.3, 0.4) is 0 Å². The smallest absolute Gasteiger partial charge is 0.335 e. The summed E-state index contributed by atoms with van der Waals surface area (Å²) in [7, 11) is 0. The second-order valence-corrected chi connectivity index (χ2v) is 11.7. The molecule has 1 saturated heterocycles. The van der Waals surface area contributed by atoms with E-state index >= 15 is 4.39 Å². The maximum absolute atomic E-state index is 15.5. The molecule has 4 atom stereocenters. The molecule has 0 saturated carbocycles. The molecule has 9 heteroatoms. The Morgan fingerprint density at radius 2 is 1.69 bits per heavy atom. The van der Waals surface area contributed by atoms with Crippen molar-refractivity contribution >= 4 is 46.5 Å². The molecule has 1 aliphatic rings. The molecule has 0 aromatic heterocycles. The molecule has 202 valence electrons. The number of carbonyl (C=O) groups is 2. The lowest BCUT2D eigenvalue weighted by Gasteiger charge is -2.36. The lowest BCUT2D eigenvalue weighted by molar-refractivity contribution is -0.117. The van der Waals surface area contributed by atoms with Gasteiger partial charge in [-0.3, -0.25) is 4.79 Å². The van der Waals surface area contributed by atoms with E-state index in [2.05, 4.69) is 11.4 Å². The van der Waals surface area contributed by atoms with Gasteiger partial charge in [-0.1, -0.05) is 56.1 Å². The number of anilines is 2. The average molecular weight is 568 g/mol. The predicted molar refractivity (Wildman–Crippen MR) is 151 cm³/mol. The Morgan fingerprint density at radius 1 is 1.05 bits per heavy atom. The molecule has 3 aromatic carbocycles. The van der Waals surface area contributed by atoms with Gasteiger partial charge in [-0.2, -0.15) is 5.26 Å². The van der Waals surface area contributed by atoms with E-state index in [0.717, 1.165) is 0 Å². The van der Waals surface area contributed by atoms with Gasteiger partial charge >= 0.3 is 5.97 Å². The van der Waals surface area contributed by atoms with E-state index in [1.807, 2.05) is 25.7 Å². The first-order chi connectivity index (χ1) is 18.4. The molecule has 1 amide bonds. The normalized spacial score (nSPS) is 20.9. The van der Waals surface area contributed by atoms with Crippen molar-refractivity contribution in [3.05, 3.63) is 93.7 Å². The summed E-state index contributed by atoms with van der Waals surface area (Å²) < 4.78 is 15.5. The number of carbonyl (C=O) groups excluding carboxylic acids is 1. The summed E-state index contributed by atoms with van der Waals surface area (Å²) in [5.74, 6) is -3.82. The topological polar surface area (TPSA) is 93.4 Å². The number of hydrogen-bond acceptors (Lipinski definition) is 4. The molecule has 0 unspecified atom stereocenters. The third-order valence-corrected chi connectivity index (χ3v) is 7.45. The summed E-state index contributed by atoms with van der Waals surface area (Å²) in [6, 6.07) is 18.3. The highest BCUT2D eigenvalue weighted by Gasteiger charge is 2.54. The molecule has 3 aromatic rings. The van der Waals surface area contributed by atoms with E-state index in [0.29, 0.717) is 22.8 Å². The first-order valence-corrected chi connectivity index (χ1v) is 13.2. The molecule has 0 spiro atoms. The van der Waals surface area contributed by atoms with Gasteiger partial charge in [-0.15, -0.1) is 0 Å². The van der Waals surface area contributed by atoms with Crippen LogP contribution in [0.15, 0.2) is 66.7 Å². The molecule has 0 radical (unpaired) electrons. The molecule has 39 heavy (non-hydrogen) atoms. The number of nitrogens with one attached hydrogen (secondary N) is 1. The summed E-state index contributed by atoms with van der Waals surface area (Å²) in [6.45, 7) is 6.15. The van der Waals surface area contributed by atoms with Crippen molar-refractivity contribution in [3.8, 4) is 6.07 Å². The zero-order valence-electron chi connectivity index (χ0n) is 21.7. The molecule has 1 fully saturated rings. The average Bonchev–Trinajstić information content (AvgIpc) is 3.18. The van der Waals surface area contributed by atoms with Crippen LogP contribution in [-0.2, 0) is 4.79 Å². The van der Waals surface area contributed by atoms with Crippen molar-refractivity contribution in [2.24, 2.45) is 11.3 Å². The Bertz CT molecular complexity index is 1420. The van der Waals surface area contributed by atoms with Crippen molar-refractivity contribution in [2.45, 2.75) is 45.2 Å². The zero-order chi connectivity index (χ0) is 28.5. The van der Waals surface area contributed by atoms with Gasteiger partial charge in [0.25, 0.3) is 0 Å². The number of aromatic carboxylic acids is 1. The minimum absolute atomic E-state index is 0.0744. The minimum Gasteiger partial charge on any atom is -0.478 e. The molecule has 0 bridgehead atoms.